The highest BCUT2D eigenvalue weighted by Crippen LogP contribution is 2.16. The van der Waals surface area contributed by atoms with Gasteiger partial charge in [0.1, 0.15) is 5.75 Å². The quantitative estimate of drug-likeness (QED) is 0.682. The van der Waals surface area contributed by atoms with E-state index in [0.717, 1.165) is 24.3 Å². The second-order valence-electron chi connectivity index (χ2n) is 4.32. The zero-order valence-electron chi connectivity index (χ0n) is 10.7. The van der Waals surface area contributed by atoms with Gasteiger partial charge in [0.25, 0.3) is 0 Å². The Morgan fingerprint density at radius 1 is 1.12 bits per heavy atom. The highest BCUT2D eigenvalue weighted by molar-refractivity contribution is 5.29. The lowest BCUT2D eigenvalue weighted by molar-refractivity contribution is 0.305. The standard InChI is InChI=1S/C14H24N2O/c1-2-3-4-5-10-17-13-8-6-12(7-9-13)14(16)11-15/h6-9,14H,2-5,10-11,15-16H2,1H3/t14-/m1/s1. The fourth-order valence-electron chi connectivity index (χ4n) is 1.67. The minimum absolute atomic E-state index is 0.0754. The van der Waals surface area contributed by atoms with E-state index in [1.807, 2.05) is 24.3 Å². The molecule has 1 aromatic rings. The molecule has 0 fully saturated rings. The summed E-state index contributed by atoms with van der Waals surface area (Å²) >= 11 is 0. The van der Waals surface area contributed by atoms with Crippen LogP contribution in [0.4, 0.5) is 0 Å². The smallest absolute Gasteiger partial charge is 0.119 e. The molecule has 0 radical (unpaired) electrons. The summed E-state index contributed by atoms with van der Waals surface area (Å²) in [4.78, 5) is 0. The van der Waals surface area contributed by atoms with E-state index in [0.29, 0.717) is 6.54 Å². The number of benzene rings is 1. The molecule has 0 aliphatic rings. The van der Waals surface area contributed by atoms with E-state index in [1.54, 1.807) is 0 Å². The molecule has 1 rings (SSSR count). The Morgan fingerprint density at radius 2 is 1.82 bits per heavy atom. The van der Waals surface area contributed by atoms with Gasteiger partial charge in [0.05, 0.1) is 6.61 Å². The topological polar surface area (TPSA) is 61.3 Å². The van der Waals surface area contributed by atoms with Crippen LogP contribution in [0, 0.1) is 0 Å². The molecule has 0 unspecified atom stereocenters. The normalized spacial score (nSPS) is 12.4. The van der Waals surface area contributed by atoms with Gasteiger partial charge in [-0.15, -0.1) is 0 Å². The average Bonchev–Trinajstić information content (AvgIpc) is 2.38. The molecule has 3 nitrogen and oxygen atoms in total. The van der Waals surface area contributed by atoms with Crippen LogP contribution < -0.4 is 16.2 Å². The van der Waals surface area contributed by atoms with Gasteiger partial charge in [-0.2, -0.15) is 0 Å². The zero-order valence-corrected chi connectivity index (χ0v) is 10.7. The van der Waals surface area contributed by atoms with E-state index in [1.165, 1.54) is 19.3 Å². The lowest BCUT2D eigenvalue weighted by Gasteiger charge is -2.10. The van der Waals surface area contributed by atoms with Gasteiger partial charge in [-0.3, -0.25) is 0 Å². The van der Waals surface area contributed by atoms with Crippen molar-refractivity contribution in [1.82, 2.24) is 0 Å². The van der Waals surface area contributed by atoms with E-state index in [4.69, 9.17) is 16.2 Å². The van der Waals surface area contributed by atoms with Crippen molar-refractivity contribution in [2.45, 2.75) is 38.6 Å². The van der Waals surface area contributed by atoms with E-state index in [-0.39, 0.29) is 6.04 Å². The molecule has 0 saturated heterocycles. The average molecular weight is 236 g/mol. The molecule has 3 heteroatoms. The van der Waals surface area contributed by atoms with E-state index >= 15 is 0 Å². The number of nitrogens with two attached hydrogens (primary N) is 2. The maximum Gasteiger partial charge on any atom is 0.119 e. The van der Waals surface area contributed by atoms with Crippen LogP contribution in [0.5, 0.6) is 5.75 Å². The largest absolute Gasteiger partial charge is 0.494 e. The SMILES string of the molecule is CCCCCCOc1ccc([C@H](N)CN)cc1. The van der Waals surface area contributed by atoms with Gasteiger partial charge in [0.2, 0.25) is 0 Å². The number of unbranched alkanes of at least 4 members (excludes halogenated alkanes) is 3. The Kier molecular flexibility index (Phi) is 6.67. The number of hydrogen-bond acceptors (Lipinski definition) is 3. The van der Waals surface area contributed by atoms with Crippen LogP contribution in [0.2, 0.25) is 0 Å². The molecule has 4 N–H and O–H groups in total. The number of rotatable bonds is 8. The molecule has 0 aromatic heterocycles. The van der Waals surface area contributed by atoms with Gasteiger partial charge in [-0.1, -0.05) is 38.3 Å². The van der Waals surface area contributed by atoms with Gasteiger partial charge in [-0.05, 0) is 24.1 Å². The Bertz CT molecular complexity index is 298. The first-order chi connectivity index (χ1) is 8.27. The molecule has 0 aliphatic heterocycles. The summed E-state index contributed by atoms with van der Waals surface area (Å²) in [6.45, 7) is 3.47. The third-order valence-electron chi connectivity index (χ3n) is 2.83. The van der Waals surface area contributed by atoms with Crippen LogP contribution in [-0.2, 0) is 0 Å². The van der Waals surface area contributed by atoms with Crippen LogP contribution in [-0.4, -0.2) is 13.2 Å². The lowest BCUT2D eigenvalue weighted by atomic mass is 10.1. The Labute approximate surface area is 104 Å². The van der Waals surface area contributed by atoms with Crippen molar-refractivity contribution in [3.8, 4) is 5.75 Å². The minimum atomic E-state index is -0.0754. The summed E-state index contributed by atoms with van der Waals surface area (Å²) in [6, 6.07) is 7.82. The van der Waals surface area contributed by atoms with Crippen LogP contribution in [0.1, 0.15) is 44.2 Å². The highest BCUT2D eigenvalue weighted by Gasteiger charge is 2.02. The predicted molar refractivity (Wildman–Crippen MR) is 72.1 cm³/mol. The molecule has 17 heavy (non-hydrogen) atoms. The molecular formula is C14H24N2O. The molecule has 0 bridgehead atoms. The molecular weight excluding hydrogens is 212 g/mol. The van der Waals surface area contributed by atoms with Crippen LogP contribution >= 0.6 is 0 Å². The number of hydrogen-bond donors (Lipinski definition) is 2. The maximum atomic E-state index is 5.83. The van der Waals surface area contributed by atoms with E-state index < -0.39 is 0 Å². The number of ether oxygens (including phenoxy) is 1. The van der Waals surface area contributed by atoms with Crippen molar-refractivity contribution in [2.75, 3.05) is 13.2 Å². The molecule has 96 valence electrons. The predicted octanol–water partition coefficient (Wildman–Crippen LogP) is 2.60. The van der Waals surface area contributed by atoms with Crippen LogP contribution in [0.15, 0.2) is 24.3 Å². The van der Waals surface area contributed by atoms with Gasteiger partial charge in [0, 0.05) is 12.6 Å². The molecule has 0 amide bonds. The second kappa shape index (κ2) is 8.09. The first-order valence-corrected chi connectivity index (χ1v) is 6.46. The summed E-state index contributed by atoms with van der Waals surface area (Å²) in [6.07, 6.45) is 4.91. The fraction of sp³-hybridized carbons (Fsp3) is 0.571. The molecule has 1 atom stereocenters. The maximum absolute atomic E-state index is 5.83. The minimum Gasteiger partial charge on any atom is -0.494 e. The summed E-state index contributed by atoms with van der Waals surface area (Å²) in [5.41, 5.74) is 12.4. The van der Waals surface area contributed by atoms with Crippen molar-refractivity contribution in [3.63, 3.8) is 0 Å². The molecule has 0 aliphatic carbocycles. The third-order valence-corrected chi connectivity index (χ3v) is 2.83. The Hall–Kier alpha value is -1.06. The first-order valence-electron chi connectivity index (χ1n) is 6.46. The van der Waals surface area contributed by atoms with Gasteiger partial charge in [-0.25, -0.2) is 0 Å². The zero-order chi connectivity index (χ0) is 12.5. The van der Waals surface area contributed by atoms with Crippen molar-refractivity contribution in [2.24, 2.45) is 11.5 Å². The van der Waals surface area contributed by atoms with Gasteiger partial charge >= 0.3 is 0 Å². The van der Waals surface area contributed by atoms with Gasteiger partial charge < -0.3 is 16.2 Å². The van der Waals surface area contributed by atoms with Crippen molar-refractivity contribution < 1.29 is 4.74 Å². The first kappa shape index (κ1) is 14.0. The monoisotopic (exact) mass is 236 g/mol. The van der Waals surface area contributed by atoms with Crippen LogP contribution in [0.25, 0.3) is 0 Å². The van der Waals surface area contributed by atoms with E-state index in [2.05, 4.69) is 6.92 Å². The lowest BCUT2D eigenvalue weighted by Crippen LogP contribution is -2.20. The van der Waals surface area contributed by atoms with Crippen molar-refractivity contribution in [1.29, 1.82) is 0 Å². The Balaban J connectivity index is 2.30. The van der Waals surface area contributed by atoms with Crippen molar-refractivity contribution >= 4 is 0 Å². The van der Waals surface area contributed by atoms with Crippen molar-refractivity contribution in [3.05, 3.63) is 29.8 Å². The molecule has 0 heterocycles. The Morgan fingerprint density at radius 3 is 2.41 bits per heavy atom. The summed E-state index contributed by atoms with van der Waals surface area (Å²) in [5.74, 6) is 0.912. The molecule has 0 saturated carbocycles. The molecule has 1 aromatic carbocycles. The third kappa shape index (κ3) is 5.20. The fourth-order valence-corrected chi connectivity index (χ4v) is 1.67. The summed E-state index contributed by atoms with van der Waals surface area (Å²) in [7, 11) is 0. The van der Waals surface area contributed by atoms with E-state index in [9.17, 15) is 0 Å². The highest BCUT2D eigenvalue weighted by atomic mass is 16.5. The summed E-state index contributed by atoms with van der Waals surface area (Å²) in [5, 5.41) is 0. The van der Waals surface area contributed by atoms with Crippen LogP contribution in [0.3, 0.4) is 0 Å². The molecule has 0 spiro atoms. The second-order valence-corrected chi connectivity index (χ2v) is 4.32. The van der Waals surface area contributed by atoms with Gasteiger partial charge in [0.15, 0.2) is 0 Å². The summed E-state index contributed by atoms with van der Waals surface area (Å²) < 4.78 is 5.65.